The summed E-state index contributed by atoms with van der Waals surface area (Å²) in [5.74, 6) is 1.84. The van der Waals surface area contributed by atoms with Crippen LogP contribution in [-0.2, 0) is 0 Å². The molecule has 0 heterocycles. The van der Waals surface area contributed by atoms with Crippen LogP contribution in [0.4, 0.5) is 0 Å². The highest BCUT2D eigenvalue weighted by Crippen LogP contribution is 2.20. The number of benzene rings is 3. The summed E-state index contributed by atoms with van der Waals surface area (Å²) >= 11 is 0. The zero-order valence-electron chi connectivity index (χ0n) is 30.8. The Morgan fingerprint density at radius 2 is 0.918 bits per heavy atom. The molecule has 0 fully saturated rings. The van der Waals surface area contributed by atoms with Gasteiger partial charge in [-0.05, 0) is 72.5 Å². The van der Waals surface area contributed by atoms with Gasteiger partial charge in [0.25, 0.3) is 0 Å². The monoisotopic (exact) mass is 668 g/mol. The Labute approximate surface area is 298 Å². The second kappa shape index (κ2) is 26.4. The lowest BCUT2D eigenvalue weighted by atomic mass is 10.1. The van der Waals surface area contributed by atoms with Crippen molar-refractivity contribution in [3.8, 4) is 17.2 Å². The Bertz CT molecular complexity index is 1280. The van der Waals surface area contributed by atoms with Crippen LogP contribution in [0.2, 0.25) is 0 Å². The van der Waals surface area contributed by atoms with Gasteiger partial charge in [0.1, 0.15) is 17.2 Å². The third kappa shape index (κ3) is 18.7. The van der Waals surface area contributed by atoms with Gasteiger partial charge in [-0.1, -0.05) is 166 Å². The van der Waals surface area contributed by atoms with Crippen molar-refractivity contribution in [2.45, 2.75) is 142 Å². The minimum atomic E-state index is -0.376. The van der Waals surface area contributed by atoms with E-state index in [1.807, 2.05) is 48.5 Å². The second-order valence-corrected chi connectivity index (χ2v) is 13.4. The first-order valence-electron chi connectivity index (χ1n) is 19.6. The van der Waals surface area contributed by atoms with E-state index in [0.717, 1.165) is 42.1 Å². The van der Waals surface area contributed by atoms with Crippen LogP contribution in [0.25, 0.3) is 12.2 Å². The van der Waals surface area contributed by atoms with Gasteiger partial charge in [0.15, 0.2) is 0 Å². The van der Waals surface area contributed by atoms with Crippen molar-refractivity contribution in [3.63, 3.8) is 0 Å². The van der Waals surface area contributed by atoms with Gasteiger partial charge in [-0.2, -0.15) is 0 Å². The minimum absolute atomic E-state index is 0.376. The molecule has 3 aromatic carbocycles. The molecule has 0 aliphatic heterocycles. The molecule has 0 bridgehead atoms. The highest BCUT2D eigenvalue weighted by atomic mass is 16.5. The Morgan fingerprint density at radius 3 is 1.45 bits per heavy atom. The van der Waals surface area contributed by atoms with Crippen molar-refractivity contribution >= 4 is 18.1 Å². The summed E-state index contributed by atoms with van der Waals surface area (Å²) in [5, 5.41) is 0. The lowest BCUT2D eigenvalue weighted by molar-refractivity contribution is 0.0734. The van der Waals surface area contributed by atoms with E-state index in [4.69, 9.17) is 14.2 Å². The Hall–Kier alpha value is -3.53. The van der Waals surface area contributed by atoms with Crippen molar-refractivity contribution in [1.29, 1.82) is 0 Å². The van der Waals surface area contributed by atoms with Crippen LogP contribution in [0.3, 0.4) is 0 Å². The fourth-order valence-electron chi connectivity index (χ4n) is 5.96. The molecular formula is C45H64O4. The summed E-state index contributed by atoms with van der Waals surface area (Å²) in [6, 6.07) is 23.0. The van der Waals surface area contributed by atoms with Gasteiger partial charge in [-0.15, -0.1) is 0 Å². The number of hydrogen-bond acceptors (Lipinski definition) is 4. The van der Waals surface area contributed by atoms with E-state index < -0.39 is 0 Å². The van der Waals surface area contributed by atoms with Crippen molar-refractivity contribution in [2.75, 3.05) is 13.2 Å². The molecule has 49 heavy (non-hydrogen) atoms. The fraction of sp³-hybridized carbons (Fsp3) is 0.533. The van der Waals surface area contributed by atoms with E-state index in [9.17, 15) is 4.79 Å². The van der Waals surface area contributed by atoms with Gasteiger partial charge in [-0.3, -0.25) is 0 Å². The summed E-state index contributed by atoms with van der Waals surface area (Å²) in [7, 11) is 0. The maximum absolute atomic E-state index is 12.7. The molecule has 0 N–H and O–H groups in total. The molecule has 0 spiro atoms. The van der Waals surface area contributed by atoms with Crippen LogP contribution < -0.4 is 14.2 Å². The normalized spacial score (nSPS) is 11.2. The van der Waals surface area contributed by atoms with Crippen LogP contribution in [0.15, 0.2) is 72.8 Å². The quantitative estimate of drug-likeness (QED) is 0.0334. The summed E-state index contributed by atoms with van der Waals surface area (Å²) in [6.07, 6.45) is 30.4. The predicted molar refractivity (Wildman–Crippen MR) is 208 cm³/mol. The Balaban J connectivity index is 1.29. The highest BCUT2D eigenvalue weighted by Gasteiger charge is 2.09. The summed E-state index contributed by atoms with van der Waals surface area (Å²) in [4.78, 5) is 12.7. The topological polar surface area (TPSA) is 44.8 Å². The third-order valence-electron chi connectivity index (χ3n) is 9.04. The average Bonchev–Trinajstić information content (AvgIpc) is 3.13. The van der Waals surface area contributed by atoms with Gasteiger partial charge >= 0.3 is 5.97 Å². The summed E-state index contributed by atoms with van der Waals surface area (Å²) < 4.78 is 17.5. The molecule has 268 valence electrons. The van der Waals surface area contributed by atoms with Crippen LogP contribution >= 0.6 is 0 Å². The molecule has 0 aromatic heterocycles. The second-order valence-electron chi connectivity index (χ2n) is 13.4. The zero-order valence-corrected chi connectivity index (χ0v) is 30.8. The maximum atomic E-state index is 12.7. The number of unbranched alkanes of at least 4 members (excludes halogenated alkanes) is 18. The molecule has 0 aliphatic carbocycles. The zero-order chi connectivity index (χ0) is 34.6. The lowest BCUT2D eigenvalue weighted by Gasteiger charge is -2.08. The van der Waals surface area contributed by atoms with E-state index in [-0.39, 0.29) is 5.97 Å². The first-order chi connectivity index (χ1) is 24.2. The van der Waals surface area contributed by atoms with Gasteiger partial charge in [-0.25, -0.2) is 4.79 Å². The van der Waals surface area contributed by atoms with Gasteiger partial charge in [0.05, 0.1) is 18.8 Å². The molecule has 3 aromatic rings. The summed E-state index contributed by atoms with van der Waals surface area (Å²) in [6.45, 7) is 6.01. The molecule has 0 unspecified atom stereocenters. The predicted octanol–water partition coefficient (Wildman–Crippen LogP) is 13.7. The Morgan fingerprint density at radius 1 is 0.469 bits per heavy atom. The molecule has 4 heteroatoms. The van der Waals surface area contributed by atoms with Crippen LogP contribution in [0.1, 0.15) is 164 Å². The van der Waals surface area contributed by atoms with E-state index in [0.29, 0.717) is 17.9 Å². The number of carbonyl (C=O) groups excluding carboxylic acids is 1. The molecule has 4 nitrogen and oxygen atoms in total. The summed E-state index contributed by atoms with van der Waals surface area (Å²) in [5.41, 5.74) is 2.62. The molecular weight excluding hydrogens is 604 g/mol. The first-order valence-corrected chi connectivity index (χ1v) is 19.6. The van der Waals surface area contributed by atoms with E-state index >= 15 is 0 Å². The first kappa shape index (κ1) is 39.9. The highest BCUT2D eigenvalue weighted by molar-refractivity contribution is 5.91. The van der Waals surface area contributed by atoms with Crippen LogP contribution in [0, 0.1) is 0 Å². The average molecular weight is 669 g/mol. The largest absolute Gasteiger partial charge is 0.494 e. The van der Waals surface area contributed by atoms with Crippen molar-refractivity contribution < 1.29 is 19.0 Å². The molecule has 0 radical (unpaired) electrons. The van der Waals surface area contributed by atoms with E-state index in [1.54, 1.807) is 12.1 Å². The standard InChI is InChI=1S/C45H64O4/c1-3-5-7-9-11-13-15-17-19-21-36-47-42-34-30-41(31-35-42)45(46)49-43-32-28-39(29-33-43)26-27-40-24-23-25-44(38-40)48-37-22-20-18-16-14-12-10-8-6-4-2/h23-35,38H,3-22,36-37H2,1-2H3/b27-26+. The Kier molecular flexibility index (Phi) is 21.5. The number of rotatable bonds is 28. The van der Waals surface area contributed by atoms with Crippen LogP contribution in [0.5, 0.6) is 17.2 Å². The van der Waals surface area contributed by atoms with Gasteiger partial charge in [0, 0.05) is 0 Å². The molecule has 0 saturated carbocycles. The van der Waals surface area contributed by atoms with E-state index in [2.05, 4.69) is 38.1 Å². The maximum Gasteiger partial charge on any atom is 0.343 e. The molecule has 0 atom stereocenters. The lowest BCUT2D eigenvalue weighted by Crippen LogP contribution is -2.08. The number of esters is 1. The van der Waals surface area contributed by atoms with Gasteiger partial charge in [0.2, 0.25) is 0 Å². The third-order valence-corrected chi connectivity index (χ3v) is 9.04. The van der Waals surface area contributed by atoms with E-state index in [1.165, 1.54) is 116 Å². The number of hydrogen-bond donors (Lipinski definition) is 0. The van der Waals surface area contributed by atoms with Crippen molar-refractivity contribution in [2.24, 2.45) is 0 Å². The minimum Gasteiger partial charge on any atom is -0.494 e. The molecule has 3 rings (SSSR count). The smallest absolute Gasteiger partial charge is 0.343 e. The van der Waals surface area contributed by atoms with Crippen molar-refractivity contribution in [3.05, 3.63) is 89.5 Å². The molecule has 0 aliphatic rings. The molecule has 0 saturated heterocycles. The SMILES string of the molecule is CCCCCCCCCCCCOc1ccc(C(=O)Oc2ccc(/C=C/c3cccc(OCCCCCCCCCCCC)c3)cc2)cc1. The number of ether oxygens (including phenoxy) is 3. The fourth-order valence-corrected chi connectivity index (χ4v) is 5.96. The van der Waals surface area contributed by atoms with Gasteiger partial charge < -0.3 is 14.2 Å². The number of carbonyl (C=O) groups is 1. The van der Waals surface area contributed by atoms with Crippen LogP contribution in [-0.4, -0.2) is 19.2 Å². The van der Waals surface area contributed by atoms with Crippen molar-refractivity contribution in [1.82, 2.24) is 0 Å². The molecule has 0 amide bonds.